The van der Waals surface area contributed by atoms with Gasteiger partial charge in [-0.25, -0.2) is 4.79 Å². The fourth-order valence-electron chi connectivity index (χ4n) is 4.37. The van der Waals surface area contributed by atoms with Crippen molar-refractivity contribution in [3.05, 3.63) is 58.2 Å². The third kappa shape index (κ3) is 3.56. The molecule has 3 rings (SSSR count). The maximum atomic E-state index is 11.6. The average Bonchev–Trinajstić information content (AvgIpc) is 2.82. The van der Waals surface area contributed by atoms with E-state index in [-0.39, 0.29) is 6.10 Å². The van der Waals surface area contributed by atoms with Crippen molar-refractivity contribution < 1.29 is 28.8 Å². The predicted molar refractivity (Wildman–Crippen MR) is 112 cm³/mol. The van der Waals surface area contributed by atoms with Crippen LogP contribution in [-0.4, -0.2) is 52.4 Å². The Morgan fingerprint density at radius 1 is 1.07 bits per heavy atom. The standard InChI is InChI=1S/C23H30O7/c1-14-16(28-18(24)13-17(14)27-6)11-9-7-8-10-12-21(3)19(25)23(5)20(26)22(4,30-21)15(2)29-23/h7-13,15,19-20,25-26H,1-6H3/b8-7+,11-9+,12-10+/t15-,19-,20+,21-,22+,23+/m1/s1. The molecule has 0 spiro atoms. The molecular formula is C23H30O7. The number of aliphatic hydroxyl groups excluding tert-OH is 2. The first-order chi connectivity index (χ1) is 14.0. The van der Waals surface area contributed by atoms with Gasteiger partial charge in [0.25, 0.3) is 0 Å². The Hall–Kier alpha value is -2.19. The summed E-state index contributed by atoms with van der Waals surface area (Å²) in [7, 11) is 1.50. The highest BCUT2D eigenvalue weighted by Crippen LogP contribution is 2.52. The summed E-state index contributed by atoms with van der Waals surface area (Å²) < 4.78 is 22.4. The molecule has 1 aromatic heterocycles. The molecule has 2 fully saturated rings. The van der Waals surface area contributed by atoms with Gasteiger partial charge < -0.3 is 28.8 Å². The number of ether oxygens (including phenoxy) is 3. The Bertz CT molecular complexity index is 945. The summed E-state index contributed by atoms with van der Waals surface area (Å²) in [5.74, 6) is 0.893. The minimum Gasteiger partial charge on any atom is -0.496 e. The third-order valence-electron chi connectivity index (χ3n) is 6.28. The smallest absolute Gasteiger partial charge is 0.339 e. The highest BCUT2D eigenvalue weighted by molar-refractivity contribution is 5.52. The van der Waals surface area contributed by atoms with Crippen LogP contribution in [0.5, 0.6) is 5.75 Å². The number of hydrogen-bond donors (Lipinski definition) is 2. The van der Waals surface area contributed by atoms with E-state index in [1.807, 2.05) is 6.92 Å². The molecule has 0 radical (unpaired) electrons. The van der Waals surface area contributed by atoms with Crippen LogP contribution in [0.25, 0.3) is 6.08 Å². The van der Waals surface area contributed by atoms with E-state index in [2.05, 4.69) is 0 Å². The van der Waals surface area contributed by atoms with Crippen LogP contribution in [0.3, 0.4) is 0 Å². The van der Waals surface area contributed by atoms with Gasteiger partial charge in [-0.3, -0.25) is 0 Å². The molecule has 3 heterocycles. The summed E-state index contributed by atoms with van der Waals surface area (Å²) in [5.41, 5.74) is -2.81. The second-order valence-electron chi connectivity index (χ2n) is 8.44. The Labute approximate surface area is 176 Å². The zero-order valence-electron chi connectivity index (χ0n) is 18.2. The molecule has 30 heavy (non-hydrogen) atoms. The summed E-state index contributed by atoms with van der Waals surface area (Å²) in [6.07, 6.45) is 8.11. The first-order valence-corrected chi connectivity index (χ1v) is 9.93. The molecule has 2 N–H and O–H groups in total. The van der Waals surface area contributed by atoms with Crippen molar-refractivity contribution in [2.75, 3.05) is 7.11 Å². The Balaban J connectivity index is 1.74. The molecule has 2 saturated heterocycles. The van der Waals surface area contributed by atoms with Crippen molar-refractivity contribution >= 4 is 6.08 Å². The van der Waals surface area contributed by atoms with Crippen molar-refractivity contribution in [1.29, 1.82) is 0 Å². The maximum absolute atomic E-state index is 11.6. The third-order valence-corrected chi connectivity index (χ3v) is 6.28. The number of aliphatic hydroxyl groups is 2. The van der Waals surface area contributed by atoms with Gasteiger partial charge in [0.15, 0.2) is 0 Å². The molecule has 0 saturated carbocycles. The number of hydrogen-bond acceptors (Lipinski definition) is 7. The van der Waals surface area contributed by atoms with E-state index in [1.165, 1.54) is 13.2 Å². The predicted octanol–water partition coefficient (Wildman–Crippen LogP) is 2.53. The van der Waals surface area contributed by atoms with Gasteiger partial charge in [-0.05, 0) is 40.7 Å². The van der Waals surface area contributed by atoms with Gasteiger partial charge in [0, 0.05) is 5.56 Å². The van der Waals surface area contributed by atoms with Crippen molar-refractivity contribution in [2.45, 2.75) is 69.7 Å². The second kappa shape index (κ2) is 7.81. The lowest BCUT2D eigenvalue weighted by Gasteiger charge is -2.51. The molecule has 2 aliphatic heterocycles. The lowest BCUT2D eigenvalue weighted by molar-refractivity contribution is -0.261. The highest BCUT2D eigenvalue weighted by atomic mass is 16.6. The topological polar surface area (TPSA) is 98.4 Å². The molecular weight excluding hydrogens is 388 g/mol. The number of allylic oxidation sites excluding steroid dienone is 4. The Kier molecular flexibility index (Phi) is 5.86. The maximum Gasteiger partial charge on any atom is 0.339 e. The van der Waals surface area contributed by atoms with Crippen molar-refractivity contribution in [3.8, 4) is 5.75 Å². The Morgan fingerprint density at radius 3 is 2.40 bits per heavy atom. The summed E-state index contributed by atoms with van der Waals surface area (Å²) in [6.45, 7) is 8.92. The summed E-state index contributed by atoms with van der Waals surface area (Å²) >= 11 is 0. The lowest BCUT2D eigenvalue weighted by atomic mass is 9.73. The summed E-state index contributed by atoms with van der Waals surface area (Å²) in [6, 6.07) is 1.30. The van der Waals surface area contributed by atoms with Crippen molar-refractivity contribution in [2.24, 2.45) is 0 Å². The molecule has 0 amide bonds. The molecule has 7 nitrogen and oxygen atoms in total. The second-order valence-corrected chi connectivity index (χ2v) is 8.44. The van der Waals surface area contributed by atoms with Gasteiger partial charge in [-0.1, -0.05) is 30.4 Å². The van der Waals surface area contributed by atoms with E-state index >= 15 is 0 Å². The average molecular weight is 418 g/mol. The Morgan fingerprint density at radius 2 is 1.73 bits per heavy atom. The molecule has 0 aromatic carbocycles. The van der Waals surface area contributed by atoms with Gasteiger partial charge in [-0.2, -0.15) is 0 Å². The van der Waals surface area contributed by atoms with Gasteiger partial charge in [0.05, 0.1) is 19.3 Å². The SMILES string of the molecule is COc1cc(=O)oc(/C=C/C=C/C=C/[C@@]2(C)O[C@]3(C)[C@H](O)[C@@](C)(O[C@@H]3C)[C@@H]2O)c1C. The fraction of sp³-hybridized carbons (Fsp3) is 0.522. The van der Waals surface area contributed by atoms with Crippen LogP contribution < -0.4 is 10.4 Å². The van der Waals surface area contributed by atoms with Crippen LogP contribution in [0.15, 0.2) is 45.7 Å². The van der Waals surface area contributed by atoms with Crippen LogP contribution in [0.4, 0.5) is 0 Å². The van der Waals surface area contributed by atoms with Crippen molar-refractivity contribution in [3.63, 3.8) is 0 Å². The van der Waals surface area contributed by atoms with E-state index in [0.29, 0.717) is 11.5 Å². The van der Waals surface area contributed by atoms with E-state index in [1.54, 1.807) is 64.2 Å². The molecule has 0 aliphatic carbocycles. The normalized spacial score (nSPS) is 38.9. The molecule has 0 unspecified atom stereocenters. The van der Waals surface area contributed by atoms with Crippen LogP contribution in [-0.2, 0) is 9.47 Å². The minimum atomic E-state index is -1.11. The number of fused-ring (bicyclic) bond motifs is 2. The zero-order chi connectivity index (χ0) is 22.3. The van der Waals surface area contributed by atoms with Gasteiger partial charge in [0.1, 0.15) is 40.5 Å². The first kappa shape index (κ1) is 22.5. The lowest BCUT2D eigenvalue weighted by Crippen LogP contribution is -2.69. The van der Waals surface area contributed by atoms with E-state index in [0.717, 1.165) is 5.56 Å². The highest BCUT2D eigenvalue weighted by Gasteiger charge is 2.70. The number of rotatable bonds is 5. The van der Waals surface area contributed by atoms with Crippen LogP contribution in [0, 0.1) is 6.92 Å². The van der Waals surface area contributed by atoms with E-state index in [4.69, 9.17) is 18.6 Å². The quantitative estimate of drug-likeness (QED) is 0.709. The van der Waals surface area contributed by atoms with Gasteiger partial charge >= 0.3 is 5.63 Å². The minimum absolute atomic E-state index is 0.360. The van der Waals surface area contributed by atoms with Crippen molar-refractivity contribution in [1.82, 2.24) is 0 Å². The monoisotopic (exact) mass is 418 g/mol. The molecule has 1 aromatic rings. The van der Waals surface area contributed by atoms with Gasteiger partial charge in [-0.15, -0.1) is 0 Å². The summed E-state index contributed by atoms with van der Waals surface area (Å²) in [4.78, 5) is 11.6. The van der Waals surface area contributed by atoms with Crippen LogP contribution >= 0.6 is 0 Å². The molecule has 2 aliphatic rings. The van der Waals surface area contributed by atoms with Gasteiger partial charge in [0.2, 0.25) is 0 Å². The summed E-state index contributed by atoms with van der Waals surface area (Å²) in [5, 5.41) is 21.5. The van der Waals surface area contributed by atoms with Crippen LogP contribution in [0.1, 0.15) is 39.0 Å². The zero-order valence-corrected chi connectivity index (χ0v) is 18.2. The molecule has 164 valence electrons. The van der Waals surface area contributed by atoms with Crippen LogP contribution in [0.2, 0.25) is 0 Å². The first-order valence-electron chi connectivity index (χ1n) is 9.93. The molecule has 2 bridgehead atoms. The largest absolute Gasteiger partial charge is 0.496 e. The number of methoxy groups -OCH3 is 1. The fourth-order valence-corrected chi connectivity index (χ4v) is 4.37. The van der Waals surface area contributed by atoms with E-state index < -0.39 is 34.6 Å². The molecule has 7 heteroatoms. The molecule has 6 atom stereocenters. The van der Waals surface area contributed by atoms with E-state index in [9.17, 15) is 15.0 Å².